The van der Waals surface area contributed by atoms with E-state index in [9.17, 15) is 0 Å². The lowest BCUT2D eigenvalue weighted by atomic mass is 10.0. The standard InChI is InChI=1S/C13H22ClN3.ClH/c1-17(2)10-6-7-11(12(14)9-10)13(16)5-3-4-8-15;/h6-7,9,13H,3-5,8,15-16H2,1-2H3;1H/t13-;/m1./s1. The van der Waals surface area contributed by atoms with Crippen LogP contribution in [0.1, 0.15) is 30.9 Å². The van der Waals surface area contributed by atoms with Gasteiger partial charge in [0.05, 0.1) is 0 Å². The second-order valence-corrected chi connectivity index (χ2v) is 4.90. The van der Waals surface area contributed by atoms with Gasteiger partial charge in [-0.1, -0.05) is 24.1 Å². The summed E-state index contributed by atoms with van der Waals surface area (Å²) >= 11 is 6.25. The van der Waals surface area contributed by atoms with Gasteiger partial charge in [0.1, 0.15) is 0 Å². The zero-order valence-electron chi connectivity index (χ0n) is 11.0. The van der Waals surface area contributed by atoms with Gasteiger partial charge in [0.25, 0.3) is 0 Å². The summed E-state index contributed by atoms with van der Waals surface area (Å²) in [7, 11) is 3.99. The SMILES string of the molecule is CN(C)c1ccc([C@H](N)CCCCN)c(Cl)c1.Cl. The van der Waals surface area contributed by atoms with E-state index in [1.54, 1.807) is 0 Å². The van der Waals surface area contributed by atoms with Gasteiger partial charge in [0.2, 0.25) is 0 Å². The van der Waals surface area contributed by atoms with Crippen molar-refractivity contribution in [3.05, 3.63) is 28.8 Å². The minimum atomic E-state index is 0. The molecule has 0 saturated heterocycles. The molecule has 0 aliphatic heterocycles. The number of halogens is 2. The quantitative estimate of drug-likeness (QED) is 0.793. The molecule has 1 rings (SSSR count). The maximum absolute atomic E-state index is 6.25. The van der Waals surface area contributed by atoms with E-state index in [0.29, 0.717) is 0 Å². The third kappa shape index (κ3) is 5.02. The van der Waals surface area contributed by atoms with Crippen LogP contribution in [0.3, 0.4) is 0 Å². The molecule has 0 saturated carbocycles. The van der Waals surface area contributed by atoms with Crippen molar-refractivity contribution in [1.29, 1.82) is 0 Å². The highest BCUT2D eigenvalue weighted by molar-refractivity contribution is 6.31. The summed E-state index contributed by atoms with van der Waals surface area (Å²) in [5.74, 6) is 0. The summed E-state index contributed by atoms with van der Waals surface area (Å²) < 4.78 is 0. The Morgan fingerprint density at radius 1 is 1.28 bits per heavy atom. The van der Waals surface area contributed by atoms with Gasteiger partial charge >= 0.3 is 0 Å². The second kappa shape index (κ2) is 8.59. The maximum Gasteiger partial charge on any atom is 0.0474 e. The lowest BCUT2D eigenvalue weighted by Gasteiger charge is -2.17. The molecule has 0 heterocycles. The van der Waals surface area contributed by atoms with Crippen LogP contribution < -0.4 is 16.4 Å². The maximum atomic E-state index is 6.25. The number of anilines is 1. The molecule has 0 aliphatic carbocycles. The highest BCUT2D eigenvalue weighted by Crippen LogP contribution is 2.28. The molecule has 0 fully saturated rings. The van der Waals surface area contributed by atoms with Crippen LogP contribution in [-0.2, 0) is 0 Å². The molecule has 0 amide bonds. The first-order valence-electron chi connectivity index (χ1n) is 5.98. The number of hydrogen-bond acceptors (Lipinski definition) is 3. The third-order valence-corrected chi connectivity index (χ3v) is 3.20. The predicted molar refractivity (Wildman–Crippen MR) is 82.9 cm³/mol. The Balaban J connectivity index is 0.00000289. The van der Waals surface area contributed by atoms with Gasteiger partial charge in [-0.05, 0) is 37.1 Å². The van der Waals surface area contributed by atoms with Crippen LogP contribution in [0.4, 0.5) is 5.69 Å². The molecular formula is C13H23Cl2N3. The first-order chi connectivity index (χ1) is 8.06. The Labute approximate surface area is 121 Å². The van der Waals surface area contributed by atoms with Gasteiger partial charge in [-0.25, -0.2) is 0 Å². The van der Waals surface area contributed by atoms with Crippen molar-refractivity contribution in [3.63, 3.8) is 0 Å². The number of hydrogen-bond donors (Lipinski definition) is 2. The fourth-order valence-electron chi connectivity index (χ4n) is 1.76. The largest absolute Gasteiger partial charge is 0.378 e. The predicted octanol–water partition coefficient (Wildman–Crippen LogP) is 2.96. The van der Waals surface area contributed by atoms with Crippen LogP contribution in [-0.4, -0.2) is 20.6 Å². The van der Waals surface area contributed by atoms with Gasteiger partial charge in [-0.15, -0.1) is 12.4 Å². The Bertz CT molecular complexity index is 356. The number of nitrogens with zero attached hydrogens (tertiary/aromatic N) is 1. The van der Waals surface area contributed by atoms with Crippen LogP contribution in [0, 0.1) is 0 Å². The minimum absolute atomic E-state index is 0. The molecule has 0 aromatic heterocycles. The van der Waals surface area contributed by atoms with Crippen molar-refractivity contribution in [2.45, 2.75) is 25.3 Å². The molecule has 1 aromatic rings. The molecule has 0 bridgehead atoms. The van der Waals surface area contributed by atoms with Gasteiger partial charge in [0.15, 0.2) is 0 Å². The van der Waals surface area contributed by atoms with E-state index in [2.05, 4.69) is 0 Å². The van der Waals surface area contributed by atoms with Crippen molar-refractivity contribution in [2.75, 3.05) is 25.5 Å². The summed E-state index contributed by atoms with van der Waals surface area (Å²) in [5, 5.41) is 0.747. The fraction of sp³-hybridized carbons (Fsp3) is 0.538. The number of nitrogens with two attached hydrogens (primary N) is 2. The smallest absolute Gasteiger partial charge is 0.0474 e. The van der Waals surface area contributed by atoms with Crippen LogP contribution in [0.2, 0.25) is 5.02 Å². The zero-order chi connectivity index (χ0) is 12.8. The Kier molecular flexibility index (Phi) is 8.36. The lowest BCUT2D eigenvalue weighted by Crippen LogP contribution is -2.13. The minimum Gasteiger partial charge on any atom is -0.378 e. The molecule has 104 valence electrons. The monoisotopic (exact) mass is 291 g/mol. The summed E-state index contributed by atoms with van der Waals surface area (Å²) in [5.41, 5.74) is 13.7. The second-order valence-electron chi connectivity index (χ2n) is 4.49. The molecule has 5 heteroatoms. The zero-order valence-corrected chi connectivity index (χ0v) is 12.6. The number of unbranched alkanes of at least 4 members (excludes halogenated alkanes) is 1. The first kappa shape index (κ1) is 17.5. The molecule has 1 aromatic carbocycles. The van der Waals surface area contributed by atoms with Crippen LogP contribution in [0.25, 0.3) is 0 Å². The molecule has 0 aliphatic rings. The lowest BCUT2D eigenvalue weighted by molar-refractivity contribution is 0.591. The van der Waals surface area contributed by atoms with Crippen LogP contribution in [0.5, 0.6) is 0 Å². The number of rotatable bonds is 6. The summed E-state index contributed by atoms with van der Waals surface area (Å²) in [6, 6.07) is 6.03. The normalized spacial score (nSPS) is 11.8. The average molecular weight is 292 g/mol. The van der Waals surface area contributed by atoms with Gasteiger partial charge < -0.3 is 16.4 Å². The highest BCUT2D eigenvalue weighted by atomic mass is 35.5. The van der Waals surface area contributed by atoms with E-state index >= 15 is 0 Å². The van der Waals surface area contributed by atoms with Gasteiger partial charge in [-0.2, -0.15) is 0 Å². The molecule has 1 atom stereocenters. The molecule has 0 unspecified atom stereocenters. The molecule has 18 heavy (non-hydrogen) atoms. The average Bonchev–Trinajstić information content (AvgIpc) is 2.28. The molecule has 4 N–H and O–H groups in total. The van der Waals surface area contributed by atoms with Crippen LogP contribution >= 0.6 is 24.0 Å². The van der Waals surface area contributed by atoms with E-state index in [1.165, 1.54) is 0 Å². The molecule has 3 nitrogen and oxygen atoms in total. The molecule has 0 radical (unpaired) electrons. The van der Waals surface area contributed by atoms with Crippen molar-refractivity contribution >= 4 is 29.7 Å². The molecular weight excluding hydrogens is 269 g/mol. The van der Waals surface area contributed by atoms with Crippen molar-refractivity contribution < 1.29 is 0 Å². The Morgan fingerprint density at radius 2 is 1.94 bits per heavy atom. The van der Waals surface area contributed by atoms with E-state index in [-0.39, 0.29) is 18.4 Å². The van der Waals surface area contributed by atoms with E-state index in [4.69, 9.17) is 23.1 Å². The summed E-state index contributed by atoms with van der Waals surface area (Å²) in [4.78, 5) is 2.02. The van der Waals surface area contributed by atoms with Crippen LogP contribution in [0.15, 0.2) is 18.2 Å². The highest BCUT2D eigenvalue weighted by Gasteiger charge is 2.10. The first-order valence-corrected chi connectivity index (χ1v) is 6.36. The Hall–Kier alpha value is -0.480. The van der Waals surface area contributed by atoms with Crippen molar-refractivity contribution in [1.82, 2.24) is 0 Å². The summed E-state index contributed by atoms with van der Waals surface area (Å²) in [6.45, 7) is 0.722. The molecule has 0 spiro atoms. The van der Waals surface area contributed by atoms with Gasteiger partial charge in [0, 0.05) is 30.8 Å². The topological polar surface area (TPSA) is 55.3 Å². The fourth-order valence-corrected chi connectivity index (χ4v) is 2.07. The van der Waals surface area contributed by atoms with Gasteiger partial charge in [-0.3, -0.25) is 0 Å². The number of benzene rings is 1. The van der Waals surface area contributed by atoms with E-state index in [0.717, 1.165) is 42.1 Å². The van der Waals surface area contributed by atoms with E-state index < -0.39 is 0 Å². The third-order valence-electron chi connectivity index (χ3n) is 2.87. The van der Waals surface area contributed by atoms with Crippen molar-refractivity contribution in [3.8, 4) is 0 Å². The van der Waals surface area contributed by atoms with E-state index in [1.807, 2.05) is 37.2 Å². The van der Waals surface area contributed by atoms with Crippen molar-refractivity contribution in [2.24, 2.45) is 11.5 Å². The Morgan fingerprint density at radius 3 is 2.44 bits per heavy atom. The summed E-state index contributed by atoms with van der Waals surface area (Å²) in [6.07, 6.45) is 2.99.